The van der Waals surface area contributed by atoms with Crippen molar-refractivity contribution < 1.29 is 13.9 Å². The van der Waals surface area contributed by atoms with Crippen molar-refractivity contribution in [1.82, 2.24) is 14.3 Å². The van der Waals surface area contributed by atoms with E-state index < -0.39 is 5.60 Å². The normalized spacial score (nSPS) is 18.7. The fourth-order valence-electron chi connectivity index (χ4n) is 2.78. The van der Waals surface area contributed by atoms with E-state index in [-0.39, 0.29) is 18.0 Å². The van der Waals surface area contributed by atoms with E-state index in [9.17, 15) is 9.18 Å². The molecule has 1 saturated heterocycles. The van der Waals surface area contributed by atoms with Crippen LogP contribution in [0.15, 0.2) is 22.9 Å². The number of likely N-dealkylation sites (tertiary alicyclic amines) is 1. The number of halogens is 2. The number of hydrogen-bond donors (Lipinski definition) is 0. The Bertz CT molecular complexity index is 715. The third-order valence-corrected chi connectivity index (χ3v) is 4.32. The molecule has 0 N–H and O–H groups in total. The number of ether oxygens (including phenoxy) is 1. The van der Waals surface area contributed by atoms with Crippen molar-refractivity contribution in [3.05, 3.63) is 34.4 Å². The van der Waals surface area contributed by atoms with E-state index in [1.54, 1.807) is 15.5 Å². The number of hydrogen-bond acceptors (Lipinski definition) is 3. The lowest BCUT2D eigenvalue weighted by molar-refractivity contribution is 0.0222. The highest BCUT2D eigenvalue weighted by molar-refractivity contribution is 9.10. The first-order valence-corrected chi connectivity index (χ1v) is 8.37. The highest BCUT2D eigenvalue weighted by Gasteiger charge is 2.34. The Hall–Kier alpha value is -1.63. The molecule has 5 nitrogen and oxygen atoms in total. The molecular weight excluding hydrogens is 365 g/mol. The molecule has 0 aromatic carbocycles. The van der Waals surface area contributed by atoms with Crippen LogP contribution in [0, 0.1) is 5.82 Å². The van der Waals surface area contributed by atoms with Crippen LogP contribution in [0.2, 0.25) is 0 Å². The van der Waals surface area contributed by atoms with Crippen molar-refractivity contribution in [3.8, 4) is 0 Å². The van der Waals surface area contributed by atoms with E-state index in [1.807, 2.05) is 27.0 Å². The lowest BCUT2D eigenvalue weighted by Crippen LogP contribution is -2.36. The Morgan fingerprint density at radius 1 is 1.43 bits per heavy atom. The molecule has 1 amide bonds. The topological polar surface area (TPSA) is 46.8 Å². The summed E-state index contributed by atoms with van der Waals surface area (Å²) in [5, 5.41) is 0. The predicted molar refractivity (Wildman–Crippen MR) is 87.8 cm³/mol. The van der Waals surface area contributed by atoms with Crippen LogP contribution < -0.4 is 0 Å². The SMILES string of the molecule is CC(C)(C)OC(=O)N1CCC[C@@H]1c1cn2cc(Br)c(F)cc2n1. The molecule has 0 radical (unpaired) electrons. The molecule has 0 saturated carbocycles. The standard InChI is InChI=1S/C16H19BrFN3O2/c1-16(2,3)23-15(22)21-6-4-5-13(21)12-9-20-8-10(17)11(18)7-14(20)19-12/h7-9,13H,4-6H2,1-3H3/t13-/m1/s1. The summed E-state index contributed by atoms with van der Waals surface area (Å²) >= 11 is 3.17. The van der Waals surface area contributed by atoms with Gasteiger partial charge >= 0.3 is 6.09 Å². The summed E-state index contributed by atoms with van der Waals surface area (Å²) in [5.74, 6) is -0.356. The van der Waals surface area contributed by atoms with Crippen molar-refractivity contribution in [3.63, 3.8) is 0 Å². The zero-order valence-electron chi connectivity index (χ0n) is 13.3. The number of pyridine rings is 1. The van der Waals surface area contributed by atoms with Gasteiger partial charge in [-0.1, -0.05) is 0 Å². The van der Waals surface area contributed by atoms with E-state index in [2.05, 4.69) is 20.9 Å². The van der Waals surface area contributed by atoms with Crippen molar-refractivity contribution in [1.29, 1.82) is 0 Å². The van der Waals surface area contributed by atoms with Crippen LogP contribution in [0.4, 0.5) is 9.18 Å². The van der Waals surface area contributed by atoms with Crippen molar-refractivity contribution in [2.45, 2.75) is 45.3 Å². The predicted octanol–water partition coefficient (Wildman–Crippen LogP) is 4.31. The Balaban J connectivity index is 1.89. The van der Waals surface area contributed by atoms with Gasteiger partial charge in [-0.15, -0.1) is 0 Å². The van der Waals surface area contributed by atoms with Gasteiger partial charge in [-0.05, 0) is 49.5 Å². The van der Waals surface area contributed by atoms with Crippen molar-refractivity contribution in [2.24, 2.45) is 0 Å². The molecular formula is C16H19BrFN3O2. The van der Waals surface area contributed by atoms with Crippen LogP contribution in [-0.4, -0.2) is 32.5 Å². The van der Waals surface area contributed by atoms with Crippen LogP contribution >= 0.6 is 15.9 Å². The molecule has 0 aliphatic carbocycles. The largest absolute Gasteiger partial charge is 0.444 e. The molecule has 1 atom stereocenters. The molecule has 2 aromatic rings. The average Bonchev–Trinajstić information content (AvgIpc) is 3.03. The number of rotatable bonds is 1. The maximum atomic E-state index is 13.6. The lowest BCUT2D eigenvalue weighted by atomic mass is 10.1. The molecule has 1 fully saturated rings. The van der Waals surface area contributed by atoms with Crippen LogP contribution in [0.5, 0.6) is 0 Å². The zero-order valence-corrected chi connectivity index (χ0v) is 14.9. The molecule has 0 bridgehead atoms. The number of fused-ring (bicyclic) bond motifs is 1. The van der Waals surface area contributed by atoms with E-state index in [1.165, 1.54) is 6.07 Å². The van der Waals surface area contributed by atoms with Gasteiger partial charge < -0.3 is 9.14 Å². The molecule has 0 unspecified atom stereocenters. The maximum Gasteiger partial charge on any atom is 0.410 e. The third-order valence-electron chi connectivity index (χ3n) is 3.74. The Labute approximate surface area is 142 Å². The van der Waals surface area contributed by atoms with Gasteiger partial charge in [-0.3, -0.25) is 4.90 Å². The number of carbonyl (C=O) groups is 1. The molecule has 3 rings (SSSR count). The molecule has 7 heteroatoms. The van der Waals surface area contributed by atoms with Gasteiger partial charge in [-0.2, -0.15) is 0 Å². The van der Waals surface area contributed by atoms with Crippen molar-refractivity contribution in [2.75, 3.05) is 6.54 Å². The molecule has 2 aromatic heterocycles. The smallest absolute Gasteiger partial charge is 0.410 e. The van der Waals surface area contributed by atoms with E-state index in [4.69, 9.17) is 4.74 Å². The van der Waals surface area contributed by atoms with Crippen LogP contribution in [0.25, 0.3) is 5.65 Å². The van der Waals surface area contributed by atoms with Gasteiger partial charge in [0.25, 0.3) is 0 Å². The number of amides is 1. The molecule has 23 heavy (non-hydrogen) atoms. The summed E-state index contributed by atoms with van der Waals surface area (Å²) in [6.45, 7) is 6.19. The summed E-state index contributed by atoms with van der Waals surface area (Å²) in [4.78, 5) is 18.6. The fraction of sp³-hybridized carbons (Fsp3) is 0.500. The first-order valence-electron chi connectivity index (χ1n) is 7.58. The molecule has 0 spiro atoms. The van der Waals surface area contributed by atoms with Gasteiger partial charge in [0, 0.05) is 25.0 Å². The van der Waals surface area contributed by atoms with Gasteiger partial charge in [0.1, 0.15) is 17.1 Å². The van der Waals surface area contributed by atoms with E-state index in [0.29, 0.717) is 16.7 Å². The first-order chi connectivity index (χ1) is 10.7. The second kappa shape index (κ2) is 5.78. The second-order valence-corrected chi connectivity index (χ2v) is 7.59. The summed E-state index contributed by atoms with van der Waals surface area (Å²) in [6, 6.07) is 1.24. The van der Waals surface area contributed by atoms with Gasteiger partial charge in [0.05, 0.1) is 16.2 Å². The number of carbonyl (C=O) groups excluding carboxylic acids is 1. The molecule has 124 valence electrons. The minimum absolute atomic E-state index is 0.133. The second-order valence-electron chi connectivity index (χ2n) is 6.73. The quantitative estimate of drug-likeness (QED) is 0.736. The van der Waals surface area contributed by atoms with E-state index >= 15 is 0 Å². The Morgan fingerprint density at radius 3 is 2.87 bits per heavy atom. The summed E-state index contributed by atoms with van der Waals surface area (Å²) < 4.78 is 21.2. The fourth-order valence-corrected chi connectivity index (χ4v) is 3.11. The molecule has 1 aliphatic heterocycles. The van der Waals surface area contributed by atoms with E-state index in [0.717, 1.165) is 18.5 Å². The molecule has 1 aliphatic rings. The monoisotopic (exact) mass is 383 g/mol. The van der Waals surface area contributed by atoms with Crippen molar-refractivity contribution >= 4 is 27.7 Å². The maximum absolute atomic E-state index is 13.6. The minimum atomic E-state index is -0.531. The highest BCUT2D eigenvalue weighted by Crippen LogP contribution is 2.33. The first kappa shape index (κ1) is 16.2. The zero-order chi connectivity index (χ0) is 16.8. The highest BCUT2D eigenvalue weighted by atomic mass is 79.9. The summed E-state index contributed by atoms with van der Waals surface area (Å²) in [7, 11) is 0. The van der Waals surface area contributed by atoms with Crippen LogP contribution in [0.3, 0.4) is 0 Å². The minimum Gasteiger partial charge on any atom is -0.444 e. The summed E-state index contributed by atoms with van der Waals surface area (Å²) in [5.41, 5.74) is 0.750. The van der Waals surface area contributed by atoms with Crippen LogP contribution in [-0.2, 0) is 4.74 Å². The molecule has 3 heterocycles. The summed E-state index contributed by atoms with van der Waals surface area (Å²) in [6.07, 6.45) is 4.87. The number of nitrogens with zero attached hydrogens (tertiary/aromatic N) is 3. The lowest BCUT2D eigenvalue weighted by Gasteiger charge is -2.27. The third kappa shape index (κ3) is 3.34. The van der Waals surface area contributed by atoms with Gasteiger partial charge in [-0.25, -0.2) is 14.2 Å². The van der Waals surface area contributed by atoms with Gasteiger partial charge in [0.2, 0.25) is 0 Å². The number of aromatic nitrogens is 2. The van der Waals surface area contributed by atoms with Crippen LogP contribution in [0.1, 0.15) is 45.3 Å². The number of imidazole rings is 1. The van der Waals surface area contributed by atoms with Gasteiger partial charge in [0.15, 0.2) is 0 Å². The Kier molecular flexibility index (Phi) is 4.08. The average molecular weight is 384 g/mol. The Morgan fingerprint density at radius 2 is 2.17 bits per heavy atom.